The van der Waals surface area contributed by atoms with E-state index in [1.165, 1.54) is 53.9 Å². The number of nitrogens with two attached hydrogens (primary N) is 1. The van der Waals surface area contributed by atoms with Gasteiger partial charge in [0.05, 0.1) is 0 Å². The van der Waals surface area contributed by atoms with Gasteiger partial charge in [0.2, 0.25) is 0 Å². The third-order valence-corrected chi connectivity index (χ3v) is 7.52. The van der Waals surface area contributed by atoms with Crippen LogP contribution in [0.5, 0.6) is 0 Å². The van der Waals surface area contributed by atoms with Gasteiger partial charge < -0.3 is 5.73 Å². The number of thiophene rings is 1. The molecule has 0 bridgehead atoms. The molecule has 1 heterocycles. The van der Waals surface area contributed by atoms with Gasteiger partial charge in [-0.2, -0.15) is 0 Å². The third kappa shape index (κ3) is 3.29. The lowest BCUT2D eigenvalue weighted by Crippen LogP contribution is -2.24. The summed E-state index contributed by atoms with van der Waals surface area (Å²) < 4.78 is 16.6. The van der Waals surface area contributed by atoms with Crippen molar-refractivity contribution in [3.05, 3.63) is 39.8 Å². The maximum absolute atomic E-state index is 15.4. The molecule has 136 valence electrons. The van der Waals surface area contributed by atoms with Gasteiger partial charge in [-0.3, -0.25) is 0 Å². The predicted molar refractivity (Wildman–Crippen MR) is 109 cm³/mol. The fraction of sp³-hybridized carbons (Fsp3) is 0.545. The molecule has 25 heavy (non-hydrogen) atoms. The highest BCUT2D eigenvalue weighted by molar-refractivity contribution is 7.19. The van der Waals surface area contributed by atoms with Crippen LogP contribution in [-0.2, 0) is 0 Å². The molecule has 0 spiro atoms. The topological polar surface area (TPSA) is 26.0 Å². The van der Waals surface area contributed by atoms with Crippen LogP contribution in [0.25, 0.3) is 16.2 Å². The summed E-state index contributed by atoms with van der Waals surface area (Å²) >= 11 is 1.69. The van der Waals surface area contributed by atoms with Gasteiger partial charge in [-0.25, -0.2) is 4.39 Å². The summed E-state index contributed by atoms with van der Waals surface area (Å²) in [6, 6.07) is 4.34. The first-order chi connectivity index (χ1) is 12.1. The summed E-state index contributed by atoms with van der Waals surface area (Å²) in [6.07, 6.45) is 8.48. The summed E-state index contributed by atoms with van der Waals surface area (Å²) in [5, 5.41) is 1.24. The third-order valence-electron chi connectivity index (χ3n) is 6.12. The predicted octanol–water partition coefficient (Wildman–Crippen LogP) is 6.57. The summed E-state index contributed by atoms with van der Waals surface area (Å²) in [7, 11) is 1.50. The Morgan fingerprint density at radius 2 is 1.76 bits per heavy atom. The van der Waals surface area contributed by atoms with Crippen molar-refractivity contribution in [3.8, 4) is 0 Å². The lowest BCUT2D eigenvalue weighted by Gasteiger charge is -2.34. The van der Waals surface area contributed by atoms with Crippen LogP contribution in [0, 0.1) is 31.6 Å². The van der Waals surface area contributed by atoms with Crippen molar-refractivity contribution in [2.75, 3.05) is 7.05 Å². The zero-order chi connectivity index (χ0) is 18.1. The fourth-order valence-corrected chi connectivity index (χ4v) is 5.73. The van der Waals surface area contributed by atoms with Crippen LogP contribution in [0.15, 0.2) is 18.2 Å². The second-order valence-electron chi connectivity index (χ2n) is 7.62. The first-order valence-electron chi connectivity index (χ1n) is 9.49. The van der Waals surface area contributed by atoms with E-state index in [0.29, 0.717) is 5.92 Å². The molecule has 2 aromatic rings. The van der Waals surface area contributed by atoms with Crippen molar-refractivity contribution in [3.63, 3.8) is 0 Å². The molecule has 4 rings (SSSR count). The normalized spacial score (nSPS) is 28.4. The SMILES string of the molecule is CN.Cc1ccc2c3c(sc2c1C)C(F)C(C1CCC(C)CC1)C=C3. The van der Waals surface area contributed by atoms with Gasteiger partial charge >= 0.3 is 0 Å². The maximum Gasteiger partial charge on any atom is 0.141 e. The first kappa shape index (κ1) is 18.6. The van der Waals surface area contributed by atoms with E-state index in [2.05, 4.69) is 50.8 Å². The van der Waals surface area contributed by atoms with Crippen molar-refractivity contribution in [1.29, 1.82) is 0 Å². The van der Waals surface area contributed by atoms with Gasteiger partial charge in [0.15, 0.2) is 0 Å². The molecule has 3 heteroatoms. The number of alkyl halides is 1. The molecule has 1 saturated carbocycles. The van der Waals surface area contributed by atoms with Gasteiger partial charge in [0.1, 0.15) is 6.17 Å². The second kappa shape index (κ2) is 7.59. The minimum Gasteiger partial charge on any atom is -0.333 e. The Bertz CT molecular complexity index is 768. The lowest BCUT2D eigenvalue weighted by atomic mass is 9.73. The van der Waals surface area contributed by atoms with Gasteiger partial charge in [0.25, 0.3) is 0 Å². The lowest BCUT2D eigenvalue weighted by molar-refractivity contribution is 0.156. The van der Waals surface area contributed by atoms with Crippen LogP contribution >= 0.6 is 11.3 Å². The fourth-order valence-electron chi connectivity index (χ4n) is 4.35. The number of fused-ring (bicyclic) bond motifs is 3. The molecule has 2 aliphatic rings. The van der Waals surface area contributed by atoms with Crippen molar-refractivity contribution < 1.29 is 4.39 Å². The molecule has 1 nitrogen and oxygen atoms in total. The smallest absolute Gasteiger partial charge is 0.141 e. The summed E-state index contributed by atoms with van der Waals surface area (Å²) in [6.45, 7) is 6.63. The zero-order valence-electron chi connectivity index (χ0n) is 15.8. The molecule has 2 atom stereocenters. The number of aryl methyl sites for hydroxylation is 2. The largest absolute Gasteiger partial charge is 0.333 e. The molecular weight excluding hydrogens is 329 g/mol. The molecule has 0 amide bonds. The highest BCUT2D eigenvalue weighted by atomic mass is 32.1. The molecule has 2 unspecified atom stereocenters. The van der Waals surface area contributed by atoms with Crippen LogP contribution in [0.2, 0.25) is 0 Å². The second-order valence-corrected chi connectivity index (χ2v) is 8.67. The molecule has 0 radical (unpaired) electrons. The summed E-state index contributed by atoms with van der Waals surface area (Å²) in [5.74, 6) is 1.44. The maximum atomic E-state index is 15.4. The Labute approximate surface area is 155 Å². The number of hydrogen-bond acceptors (Lipinski definition) is 2. The average molecular weight is 360 g/mol. The molecular formula is C22H30FNS. The van der Waals surface area contributed by atoms with E-state index in [4.69, 9.17) is 0 Å². The van der Waals surface area contributed by atoms with E-state index >= 15 is 4.39 Å². The Kier molecular flexibility index (Phi) is 5.65. The highest BCUT2D eigenvalue weighted by Crippen LogP contribution is 2.49. The van der Waals surface area contributed by atoms with E-state index in [9.17, 15) is 0 Å². The van der Waals surface area contributed by atoms with Gasteiger partial charge in [-0.1, -0.05) is 44.1 Å². The number of rotatable bonds is 1. The van der Waals surface area contributed by atoms with Gasteiger partial charge in [-0.15, -0.1) is 11.3 Å². The van der Waals surface area contributed by atoms with E-state index in [1.807, 2.05) is 0 Å². The Balaban J connectivity index is 0.000000880. The number of halogens is 1. The minimum absolute atomic E-state index is 0.0875. The number of benzene rings is 1. The van der Waals surface area contributed by atoms with E-state index in [0.717, 1.165) is 16.4 Å². The van der Waals surface area contributed by atoms with Crippen molar-refractivity contribution in [1.82, 2.24) is 0 Å². The Morgan fingerprint density at radius 1 is 1.08 bits per heavy atom. The highest BCUT2D eigenvalue weighted by Gasteiger charge is 2.35. The molecule has 2 N–H and O–H groups in total. The molecule has 1 aromatic carbocycles. The summed E-state index contributed by atoms with van der Waals surface area (Å²) in [4.78, 5) is 0.972. The van der Waals surface area contributed by atoms with Crippen LogP contribution in [0.1, 0.15) is 60.3 Å². The van der Waals surface area contributed by atoms with Crippen molar-refractivity contribution in [2.24, 2.45) is 23.5 Å². The number of allylic oxidation sites excluding steroid dienone is 1. The molecule has 0 saturated heterocycles. The van der Waals surface area contributed by atoms with Crippen LogP contribution in [-0.4, -0.2) is 7.05 Å². The first-order valence-corrected chi connectivity index (χ1v) is 10.3. The van der Waals surface area contributed by atoms with Crippen LogP contribution in [0.3, 0.4) is 0 Å². The Hall–Kier alpha value is -1.19. The monoisotopic (exact) mass is 359 g/mol. The van der Waals surface area contributed by atoms with Gasteiger partial charge in [-0.05, 0) is 62.3 Å². The van der Waals surface area contributed by atoms with Gasteiger partial charge in [0, 0.05) is 20.9 Å². The number of hydrogen-bond donors (Lipinski definition) is 1. The van der Waals surface area contributed by atoms with Crippen molar-refractivity contribution in [2.45, 2.75) is 52.6 Å². The molecule has 0 aliphatic heterocycles. The van der Waals surface area contributed by atoms with E-state index in [-0.39, 0.29) is 5.92 Å². The minimum atomic E-state index is -0.814. The quantitative estimate of drug-likeness (QED) is 0.612. The van der Waals surface area contributed by atoms with Crippen LogP contribution < -0.4 is 5.73 Å². The van der Waals surface area contributed by atoms with E-state index in [1.54, 1.807) is 11.3 Å². The Morgan fingerprint density at radius 3 is 2.44 bits per heavy atom. The molecule has 1 aromatic heterocycles. The molecule has 2 aliphatic carbocycles. The van der Waals surface area contributed by atoms with Crippen LogP contribution in [0.4, 0.5) is 4.39 Å². The molecule has 1 fully saturated rings. The van der Waals surface area contributed by atoms with E-state index < -0.39 is 6.17 Å². The van der Waals surface area contributed by atoms with Crippen molar-refractivity contribution >= 4 is 27.5 Å². The summed E-state index contributed by atoms with van der Waals surface area (Å²) in [5.41, 5.74) is 8.25. The zero-order valence-corrected chi connectivity index (χ0v) is 16.6. The standard InChI is InChI=1S/C21H25FS.CH5N/c1-12-4-7-15(8-5-12)16-10-11-18-17-9-6-13(2)14(3)20(17)23-21(18)19(16)22;1-2/h6,9-12,15-16,19H,4-5,7-8H2,1-3H3;2H2,1H3. The average Bonchev–Trinajstić information content (AvgIpc) is 3.02.